The van der Waals surface area contributed by atoms with Gasteiger partial charge in [0.15, 0.2) is 0 Å². The zero-order chi connectivity index (χ0) is 10.6. The van der Waals surface area contributed by atoms with Gasteiger partial charge in [0.2, 0.25) is 0 Å². The molecule has 0 rings (SSSR count). The van der Waals surface area contributed by atoms with Crippen LogP contribution in [0.25, 0.3) is 0 Å². The monoisotopic (exact) mass is 219 g/mol. The minimum Gasteiger partial charge on any atom is -0.314 e. The van der Waals surface area contributed by atoms with Crippen molar-refractivity contribution < 1.29 is 0 Å². The molecule has 0 amide bonds. The maximum absolute atomic E-state index is 5.72. The van der Waals surface area contributed by atoms with Gasteiger partial charge in [-0.05, 0) is 25.8 Å². The molecule has 0 aliphatic heterocycles. The van der Waals surface area contributed by atoms with Crippen LogP contribution in [0.5, 0.6) is 0 Å². The van der Waals surface area contributed by atoms with Crippen LogP contribution >= 0.6 is 11.6 Å². The lowest BCUT2D eigenvalue weighted by Gasteiger charge is -2.15. The van der Waals surface area contributed by atoms with Gasteiger partial charge in [-0.2, -0.15) is 0 Å². The van der Waals surface area contributed by atoms with Crippen LogP contribution in [0.15, 0.2) is 0 Å². The van der Waals surface area contributed by atoms with Crippen molar-refractivity contribution in [1.29, 1.82) is 0 Å². The molecule has 1 nitrogen and oxygen atoms in total. The molecular formula is C12H26ClN. The number of nitrogens with one attached hydrogen (secondary N) is 1. The first-order chi connectivity index (χ1) is 6.85. The van der Waals surface area contributed by atoms with E-state index in [2.05, 4.69) is 19.2 Å². The second kappa shape index (κ2) is 11.3. The van der Waals surface area contributed by atoms with E-state index in [1.807, 2.05) is 0 Å². The van der Waals surface area contributed by atoms with Crippen molar-refractivity contribution in [2.75, 3.05) is 12.4 Å². The molecule has 0 aliphatic carbocycles. The molecule has 0 bridgehead atoms. The fraction of sp³-hybridized carbons (Fsp3) is 1.00. The number of hydrogen-bond acceptors (Lipinski definition) is 1. The lowest BCUT2D eigenvalue weighted by molar-refractivity contribution is 0.470. The van der Waals surface area contributed by atoms with E-state index in [0.29, 0.717) is 6.04 Å². The highest BCUT2D eigenvalue weighted by Gasteiger charge is 2.02. The van der Waals surface area contributed by atoms with E-state index in [9.17, 15) is 0 Å². The van der Waals surface area contributed by atoms with Crippen LogP contribution in [-0.2, 0) is 0 Å². The molecule has 86 valence electrons. The summed E-state index contributed by atoms with van der Waals surface area (Å²) in [5.74, 6) is 0.779. The highest BCUT2D eigenvalue weighted by Crippen LogP contribution is 2.03. The summed E-state index contributed by atoms with van der Waals surface area (Å²) in [5.41, 5.74) is 0. The quantitative estimate of drug-likeness (QED) is 0.433. The van der Waals surface area contributed by atoms with Crippen LogP contribution in [0.3, 0.4) is 0 Å². The van der Waals surface area contributed by atoms with Crippen molar-refractivity contribution in [2.24, 2.45) is 0 Å². The van der Waals surface area contributed by atoms with Gasteiger partial charge < -0.3 is 5.32 Å². The second-order valence-corrected chi connectivity index (χ2v) is 4.33. The number of rotatable bonds is 10. The molecule has 0 aromatic rings. The summed E-state index contributed by atoms with van der Waals surface area (Å²) in [5, 5.41) is 3.56. The van der Waals surface area contributed by atoms with Crippen molar-refractivity contribution in [3.05, 3.63) is 0 Å². The predicted molar refractivity (Wildman–Crippen MR) is 66.2 cm³/mol. The Hall–Kier alpha value is 0.250. The Morgan fingerprint density at radius 2 is 1.79 bits per heavy atom. The molecule has 0 saturated carbocycles. The zero-order valence-corrected chi connectivity index (χ0v) is 10.6. The summed E-state index contributed by atoms with van der Waals surface area (Å²) >= 11 is 5.72. The number of hydrogen-bond donors (Lipinski definition) is 1. The average molecular weight is 220 g/mol. The van der Waals surface area contributed by atoms with E-state index in [0.717, 1.165) is 12.3 Å². The van der Waals surface area contributed by atoms with Gasteiger partial charge in [-0.15, -0.1) is 11.6 Å². The Kier molecular flexibility index (Phi) is 11.5. The van der Waals surface area contributed by atoms with Gasteiger partial charge in [-0.3, -0.25) is 0 Å². The number of alkyl halides is 1. The van der Waals surface area contributed by atoms with Gasteiger partial charge in [-0.25, -0.2) is 0 Å². The first-order valence-electron chi connectivity index (χ1n) is 6.14. The SMILES string of the molecule is CCCCCCCNC(CC)CCCl. The lowest BCUT2D eigenvalue weighted by Crippen LogP contribution is -2.29. The van der Waals surface area contributed by atoms with Gasteiger partial charge in [0.05, 0.1) is 0 Å². The first-order valence-corrected chi connectivity index (χ1v) is 6.67. The lowest BCUT2D eigenvalue weighted by atomic mass is 10.1. The standard InChI is InChI=1S/C12H26ClN/c1-3-5-6-7-8-11-14-12(4-2)9-10-13/h12,14H,3-11H2,1-2H3. The highest BCUT2D eigenvalue weighted by molar-refractivity contribution is 6.17. The molecule has 0 radical (unpaired) electrons. The average Bonchev–Trinajstić information content (AvgIpc) is 2.21. The Morgan fingerprint density at radius 1 is 1.07 bits per heavy atom. The van der Waals surface area contributed by atoms with Gasteiger partial charge in [0, 0.05) is 11.9 Å². The minimum atomic E-state index is 0.638. The third-order valence-corrected chi connectivity index (χ3v) is 2.88. The molecule has 14 heavy (non-hydrogen) atoms. The van der Waals surface area contributed by atoms with E-state index in [-0.39, 0.29) is 0 Å². The van der Waals surface area contributed by atoms with Gasteiger partial charge in [0.1, 0.15) is 0 Å². The van der Waals surface area contributed by atoms with Crippen molar-refractivity contribution >= 4 is 11.6 Å². The van der Waals surface area contributed by atoms with Gasteiger partial charge >= 0.3 is 0 Å². The van der Waals surface area contributed by atoms with Crippen molar-refractivity contribution in [2.45, 2.75) is 64.8 Å². The van der Waals surface area contributed by atoms with Crippen LogP contribution in [-0.4, -0.2) is 18.5 Å². The summed E-state index contributed by atoms with van der Waals surface area (Å²) in [6, 6.07) is 0.638. The zero-order valence-electron chi connectivity index (χ0n) is 9.82. The van der Waals surface area contributed by atoms with E-state index in [1.54, 1.807) is 0 Å². The Bertz CT molecular complexity index is 106. The number of halogens is 1. The van der Waals surface area contributed by atoms with E-state index in [4.69, 9.17) is 11.6 Å². The topological polar surface area (TPSA) is 12.0 Å². The molecule has 1 atom stereocenters. The Balaban J connectivity index is 3.15. The molecule has 0 heterocycles. The third kappa shape index (κ3) is 8.83. The highest BCUT2D eigenvalue weighted by atomic mass is 35.5. The molecule has 0 aromatic carbocycles. The maximum Gasteiger partial charge on any atom is 0.0238 e. The maximum atomic E-state index is 5.72. The summed E-state index contributed by atoms with van der Waals surface area (Å²) in [4.78, 5) is 0. The summed E-state index contributed by atoms with van der Waals surface area (Å²) < 4.78 is 0. The summed E-state index contributed by atoms with van der Waals surface area (Å²) in [6.07, 6.45) is 9.10. The molecule has 1 N–H and O–H groups in total. The molecule has 0 spiro atoms. The molecule has 1 unspecified atom stereocenters. The smallest absolute Gasteiger partial charge is 0.0238 e. The Labute approximate surface area is 94.6 Å². The van der Waals surface area contributed by atoms with Crippen molar-refractivity contribution in [3.63, 3.8) is 0 Å². The number of unbranched alkanes of at least 4 members (excludes halogenated alkanes) is 4. The second-order valence-electron chi connectivity index (χ2n) is 3.95. The minimum absolute atomic E-state index is 0.638. The molecule has 0 aromatic heterocycles. The molecule has 0 fully saturated rings. The van der Waals surface area contributed by atoms with Crippen LogP contribution in [0.1, 0.15) is 58.8 Å². The predicted octanol–water partition coefficient (Wildman–Crippen LogP) is 3.95. The van der Waals surface area contributed by atoms with Crippen LogP contribution < -0.4 is 5.32 Å². The van der Waals surface area contributed by atoms with Gasteiger partial charge in [0.25, 0.3) is 0 Å². The first kappa shape index (κ1) is 14.2. The van der Waals surface area contributed by atoms with Gasteiger partial charge in [-0.1, -0.05) is 39.5 Å². The van der Waals surface area contributed by atoms with E-state index < -0.39 is 0 Å². The summed E-state index contributed by atoms with van der Waals surface area (Å²) in [6.45, 7) is 5.65. The third-order valence-electron chi connectivity index (χ3n) is 2.66. The van der Waals surface area contributed by atoms with Crippen LogP contribution in [0.2, 0.25) is 0 Å². The fourth-order valence-corrected chi connectivity index (χ4v) is 1.88. The van der Waals surface area contributed by atoms with Crippen LogP contribution in [0, 0.1) is 0 Å². The molecule has 0 saturated heterocycles. The largest absolute Gasteiger partial charge is 0.314 e. The van der Waals surface area contributed by atoms with Crippen molar-refractivity contribution in [1.82, 2.24) is 5.32 Å². The van der Waals surface area contributed by atoms with E-state index in [1.165, 1.54) is 45.1 Å². The molecule has 0 aliphatic rings. The fourth-order valence-electron chi connectivity index (χ4n) is 1.62. The van der Waals surface area contributed by atoms with E-state index >= 15 is 0 Å². The summed E-state index contributed by atoms with van der Waals surface area (Å²) in [7, 11) is 0. The normalized spacial score (nSPS) is 13.1. The molecule has 2 heteroatoms. The molecular weight excluding hydrogens is 194 g/mol. The van der Waals surface area contributed by atoms with Crippen molar-refractivity contribution in [3.8, 4) is 0 Å². The Morgan fingerprint density at radius 3 is 2.36 bits per heavy atom. The van der Waals surface area contributed by atoms with Crippen LogP contribution in [0.4, 0.5) is 0 Å².